The van der Waals surface area contributed by atoms with Crippen LogP contribution in [-0.2, 0) is 4.74 Å². The van der Waals surface area contributed by atoms with Gasteiger partial charge in [-0.15, -0.1) is 0 Å². The van der Waals surface area contributed by atoms with Crippen LogP contribution >= 0.6 is 0 Å². The van der Waals surface area contributed by atoms with E-state index in [1.165, 1.54) is 0 Å². The standard InChI is InChI=1S/C14H21N3O3/c1-2-7-15-12-5-3-6-13(14(12)17(18)19)16-8-4-10-20-11-9-16/h3,5-6,15H,2,4,7-11H2,1H3. The summed E-state index contributed by atoms with van der Waals surface area (Å²) in [4.78, 5) is 13.2. The maximum atomic E-state index is 11.4. The van der Waals surface area contributed by atoms with E-state index in [4.69, 9.17) is 4.74 Å². The monoisotopic (exact) mass is 279 g/mol. The number of para-hydroxylation sites is 1. The van der Waals surface area contributed by atoms with Gasteiger partial charge in [0.05, 0.1) is 11.5 Å². The molecular weight excluding hydrogens is 258 g/mol. The number of hydrogen-bond donors (Lipinski definition) is 1. The summed E-state index contributed by atoms with van der Waals surface area (Å²) >= 11 is 0. The molecule has 2 rings (SSSR count). The highest BCUT2D eigenvalue weighted by Gasteiger charge is 2.24. The maximum Gasteiger partial charge on any atom is 0.315 e. The lowest BCUT2D eigenvalue weighted by atomic mass is 10.2. The van der Waals surface area contributed by atoms with Gasteiger partial charge in [-0.2, -0.15) is 0 Å². The molecule has 0 atom stereocenters. The van der Waals surface area contributed by atoms with E-state index >= 15 is 0 Å². The first-order valence-electron chi connectivity index (χ1n) is 7.08. The van der Waals surface area contributed by atoms with Gasteiger partial charge >= 0.3 is 5.69 Å². The molecule has 0 spiro atoms. The highest BCUT2D eigenvalue weighted by Crippen LogP contribution is 2.35. The Hall–Kier alpha value is -1.82. The summed E-state index contributed by atoms with van der Waals surface area (Å²) in [7, 11) is 0. The van der Waals surface area contributed by atoms with Crippen molar-refractivity contribution in [3.05, 3.63) is 28.3 Å². The van der Waals surface area contributed by atoms with E-state index in [9.17, 15) is 10.1 Å². The fourth-order valence-electron chi connectivity index (χ4n) is 2.37. The molecular formula is C14H21N3O3. The van der Waals surface area contributed by atoms with Gasteiger partial charge in [-0.1, -0.05) is 13.0 Å². The molecule has 1 heterocycles. The Morgan fingerprint density at radius 2 is 2.25 bits per heavy atom. The molecule has 0 aliphatic carbocycles. The Morgan fingerprint density at radius 1 is 1.40 bits per heavy atom. The Kier molecular flexibility index (Phi) is 5.17. The third-order valence-electron chi connectivity index (χ3n) is 3.33. The van der Waals surface area contributed by atoms with Gasteiger partial charge in [0, 0.05) is 26.2 Å². The van der Waals surface area contributed by atoms with Gasteiger partial charge in [0.1, 0.15) is 11.4 Å². The Morgan fingerprint density at radius 3 is 3.00 bits per heavy atom. The normalized spacial score (nSPS) is 15.8. The lowest BCUT2D eigenvalue weighted by Crippen LogP contribution is -2.26. The molecule has 1 fully saturated rings. The Balaban J connectivity index is 2.32. The third kappa shape index (κ3) is 3.39. The van der Waals surface area contributed by atoms with Crippen LogP contribution in [0.3, 0.4) is 0 Å². The van der Waals surface area contributed by atoms with E-state index in [1.54, 1.807) is 6.07 Å². The van der Waals surface area contributed by atoms with Crippen molar-refractivity contribution >= 4 is 17.1 Å². The van der Waals surface area contributed by atoms with Gasteiger partial charge in [-0.05, 0) is 25.0 Å². The molecule has 0 unspecified atom stereocenters. The van der Waals surface area contributed by atoms with E-state index in [0.717, 1.165) is 32.5 Å². The maximum absolute atomic E-state index is 11.4. The molecule has 6 heteroatoms. The first-order chi connectivity index (χ1) is 9.74. The molecule has 1 aliphatic rings. The number of hydrogen-bond acceptors (Lipinski definition) is 5. The zero-order chi connectivity index (χ0) is 14.4. The van der Waals surface area contributed by atoms with Crippen molar-refractivity contribution in [1.82, 2.24) is 0 Å². The average Bonchev–Trinajstić information content (AvgIpc) is 2.73. The fraction of sp³-hybridized carbons (Fsp3) is 0.571. The van der Waals surface area contributed by atoms with Gasteiger partial charge in [0.2, 0.25) is 0 Å². The predicted octanol–water partition coefficient (Wildman–Crippen LogP) is 2.64. The van der Waals surface area contributed by atoms with Crippen LogP contribution in [0.25, 0.3) is 0 Å². The van der Waals surface area contributed by atoms with Crippen molar-refractivity contribution in [3.8, 4) is 0 Å². The second kappa shape index (κ2) is 7.09. The van der Waals surface area contributed by atoms with Crippen LogP contribution in [-0.4, -0.2) is 37.8 Å². The van der Waals surface area contributed by atoms with Gasteiger partial charge in [-0.3, -0.25) is 10.1 Å². The minimum Gasteiger partial charge on any atom is -0.380 e. The van der Waals surface area contributed by atoms with Crippen LogP contribution in [0.4, 0.5) is 17.1 Å². The predicted molar refractivity (Wildman–Crippen MR) is 79.5 cm³/mol. The number of nitrogens with zero attached hydrogens (tertiary/aromatic N) is 2. The van der Waals surface area contributed by atoms with Crippen molar-refractivity contribution in [2.75, 3.05) is 43.1 Å². The second-order valence-corrected chi connectivity index (χ2v) is 4.81. The smallest absolute Gasteiger partial charge is 0.315 e. The van der Waals surface area contributed by atoms with Gasteiger partial charge in [0.15, 0.2) is 0 Å². The van der Waals surface area contributed by atoms with Gasteiger partial charge in [0.25, 0.3) is 0 Å². The Labute approximate surface area is 118 Å². The molecule has 6 nitrogen and oxygen atoms in total. The summed E-state index contributed by atoms with van der Waals surface area (Å²) in [6, 6.07) is 5.46. The van der Waals surface area contributed by atoms with Gasteiger partial charge < -0.3 is 15.0 Å². The molecule has 110 valence electrons. The van der Waals surface area contributed by atoms with E-state index in [1.807, 2.05) is 24.0 Å². The summed E-state index contributed by atoms with van der Waals surface area (Å²) < 4.78 is 5.41. The summed E-state index contributed by atoms with van der Waals surface area (Å²) in [5.74, 6) is 0. The van der Waals surface area contributed by atoms with Crippen LogP contribution in [0.2, 0.25) is 0 Å². The van der Waals surface area contributed by atoms with E-state index in [2.05, 4.69) is 5.32 Å². The molecule has 20 heavy (non-hydrogen) atoms. The molecule has 0 amide bonds. The highest BCUT2D eigenvalue weighted by molar-refractivity contribution is 5.77. The minimum atomic E-state index is -0.293. The molecule has 0 bridgehead atoms. The van der Waals surface area contributed by atoms with Crippen LogP contribution < -0.4 is 10.2 Å². The quantitative estimate of drug-likeness (QED) is 0.663. The van der Waals surface area contributed by atoms with Crippen molar-refractivity contribution in [1.29, 1.82) is 0 Å². The van der Waals surface area contributed by atoms with Crippen molar-refractivity contribution in [2.45, 2.75) is 19.8 Å². The SMILES string of the molecule is CCCNc1cccc(N2CCCOCC2)c1[N+](=O)[O-]. The number of nitro benzene ring substituents is 1. The number of nitrogens with one attached hydrogen (secondary N) is 1. The second-order valence-electron chi connectivity index (χ2n) is 4.81. The molecule has 0 saturated carbocycles. The number of ether oxygens (including phenoxy) is 1. The molecule has 1 aromatic rings. The van der Waals surface area contributed by atoms with Crippen LogP contribution in [0.5, 0.6) is 0 Å². The molecule has 1 N–H and O–H groups in total. The number of anilines is 2. The minimum absolute atomic E-state index is 0.169. The largest absolute Gasteiger partial charge is 0.380 e. The summed E-state index contributed by atoms with van der Waals surface area (Å²) in [5, 5.41) is 14.6. The van der Waals surface area contributed by atoms with Crippen LogP contribution in [0.1, 0.15) is 19.8 Å². The molecule has 0 radical (unpaired) electrons. The average molecular weight is 279 g/mol. The number of benzene rings is 1. The first kappa shape index (κ1) is 14.6. The summed E-state index contributed by atoms with van der Waals surface area (Å²) in [5.41, 5.74) is 1.45. The van der Waals surface area contributed by atoms with E-state index < -0.39 is 0 Å². The zero-order valence-electron chi connectivity index (χ0n) is 11.8. The fourth-order valence-corrected chi connectivity index (χ4v) is 2.37. The molecule has 1 aromatic carbocycles. The Bertz CT molecular complexity index is 457. The number of nitro groups is 1. The van der Waals surface area contributed by atoms with Crippen LogP contribution in [0, 0.1) is 10.1 Å². The topological polar surface area (TPSA) is 67.6 Å². The zero-order valence-corrected chi connectivity index (χ0v) is 11.8. The highest BCUT2D eigenvalue weighted by atomic mass is 16.6. The molecule has 1 saturated heterocycles. The van der Waals surface area contributed by atoms with Crippen molar-refractivity contribution in [2.24, 2.45) is 0 Å². The van der Waals surface area contributed by atoms with Crippen LogP contribution in [0.15, 0.2) is 18.2 Å². The first-order valence-corrected chi connectivity index (χ1v) is 7.08. The molecule has 0 aromatic heterocycles. The molecule has 1 aliphatic heterocycles. The summed E-state index contributed by atoms with van der Waals surface area (Å²) in [6.07, 6.45) is 1.82. The lowest BCUT2D eigenvalue weighted by molar-refractivity contribution is -0.383. The lowest BCUT2D eigenvalue weighted by Gasteiger charge is -2.22. The van der Waals surface area contributed by atoms with Gasteiger partial charge in [-0.25, -0.2) is 0 Å². The van der Waals surface area contributed by atoms with E-state index in [0.29, 0.717) is 24.5 Å². The summed E-state index contributed by atoms with van der Waals surface area (Å²) in [6.45, 7) is 5.58. The third-order valence-corrected chi connectivity index (χ3v) is 3.33. The van der Waals surface area contributed by atoms with Crippen molar-refractivity contribution < 1.29 is 9.66 Å². The number of rotatable bonds is 5. The van der Waals surface area contributed by atoms with Crippen molar-refractivity contribution in [3.63, 3.8) is 0 Å². The van der Waals surface area contributed by atoms with E-state index in [-0.39, 0.29) is 10.6 Å².